The van der Waals surface area contributed by atoms with E-state index in [0.29, 0.717) is 24.2 Å². The molecule has 0 spiro atoms. The van der Waals surface area contributed by atoms with Crippen molar-refractivity contribution < 1.29 is 18.0 Å². The minimum Gasteiger partial charge on any atom is -0.351 e. The lowest BCUT2D eigenvalue weighted by Crippen LogP contribution is -2.42. The standard InChI is InChI=1S/C15H21N3O4S/c1-12(19)17-14-6-4-5-13(11-14)15(20)16-7-9-18-8-2-3-10-23(18,21)22/h4-6,11H,2-3,7-10H2,1H3,(H,16,20)(H,17,19). The highest BCUT2D eigenvalue weighted by Gasteiger charge is 2.25. The van der Waals surface area contributed by atoms with Crippen LogP contribution in [-0.2, 0) is 14.8 Å². The maximum atomic E-state index is 12.1. The fourth-order valence-corrected chi connectivity index (χ4v) is 4.03. The van der Waals surface area contributed by atoms with Crippen LogP contribution in [-0.4, -0.2) is 49.9 Å². The van der Waals surface area contributed by atoms with Crippen LogP contribution >= 0.6 is 0 Å². The molecular formula is C15H21N3O4S. The summed E-state index contributed by atoms with van der Waals surface area (Å²) in [6, 6.07) is 6.58. The molecule has 2 N–H and O–H groups in total. The number of sulfonamides is 1. The number of carbonyl (C=O) groups excluding carboxylic acids is 2. The van der Waals surface area contributed by atoms with Crippen molar-refractivity contribution in [1.82, 2.24) is 9.62 Å². The van der Waals surface area contributed by atoms with Gasteiger partial charge in [0.05, 0.1) is 5.75 Å². The first-order valence-electron chi connectivity index (χ1n) is 7.52. The number of carbonyl (C=O) groups is 2. The molecule has 7 nitrogen and oxygen atoms in total. The minimum absolute atomic E-state index is 0.180. The molecule has 0 aliphatic carbocycles. The number of benzene rings is 1. The molecular weight excluding hydrogens is 318 g/mol. The lowest BCUT2D eigenvalue weighted by Gasteiger charge is -2.26. The van der Waals surface area contributed by atoms with Crippen molar-refractivity contribution in [3.8, 4) is 0 Å². The highest BCUT2D eigenvalue weighted by Crippen LogP contribution is 2.13. The Bertz CT molecular complexity index is 688. The summed E-state index contributed by atoms with van der Waals surface area (Å²) in [6.07, 6.45) is 1.55. The third kappa shape index (κ3) is 5.04. The first kappa shape index (κ1) is 17.4. The second kappa shape index (κ2) is 7.56. The van der Waals surface area contributed by atoms with Crippen molar-refractivity contribution in [3.63, 3.8) is 0 Å². The van der Waals surface area contributed by atoms with Gasteiger partial charge in [-0.3, -0.25) is 9.59 Å². The Morgan fingerprint density at radius 1 is 1.26 bits per heavy atom. The quantitative estimate of drug-likeness (QED) is 0.829. The number of nitrogens with zero attached hydrogens (tertiary/aromatic N) is 1. The summed E-state index contributed by atoms with van der Waals surface area (Å²) in [5, 5.41) is 5.32. The predicted molar refractivity (Wildman–Crippen MR) is 87.7 cm³/mol. The number of hydrogen-bond donors (Lipinski definition) is 2. The van der Waals surface area contributed by atoms with Gasteiger partial charge in [0.1, 0.15) is 0 Å². The summed E-state index contributed by atoms with van der Waals surface area (Å²) in [5.74, 6) is -0.329. The van der Waals surface area contributed by atoms with Gasteiger partial charge in [0.25, 0.3) is 5.91 Å². The van der Waals surface area contributed by atoms with Crippen molar-refractivity contribution in [2.24, 2.45) is 0 Å². The lowest BCUT2D eigenvalue weighted by atomic mass is 10.2. The van der Waals surface area contributed by atoms with Crippen LogP contribution in [0.3, 0.4) is 0 Å². The normalized spacial score (nSPS) is 17.4. The molecule has 0 bridgehead atoms. The maximum Gasteiger partial charge on any atom is 0.251 e. The Balaban J connectivity index is 1.88. The zero-order valence-electron chi connectivity index (χ0n) is 13.0. The second-order valence-electron chi connectivity index (χ2n) is 5.44. The second-order valence-corrected chi connectivity index (χ2v) is 7.53. The number of anilines is 1. The van der Waals surface area contributed by atoms with Crippen LogP contribution in [0.5, 0.6) is 0 Å². The van der Waals surface area contributed by atoms with Crippen molar-refractivity contribution >= 4 is 27.5 Å². The molecule has 0 unspecified atom stereocenters. The predicted octanol–water partition coefficient (Wildman–Crippen LogP) is 0.800. The van der Waals surface area contributed by atoms with Gasteiger partial charge in [0.2, 0.25) is 15.9 Å². The summed E-state index contributed by atoms with van der Waals surface area (Å²) >= 11 is 0. The molecule has 0 atom stereocenters. The SMILES string of the molecule is CC(=O)Nc1cccc(C(=O)NCCN2CCCCS2(=O)=O)c1. The molecule has 0 saturated carbocycles. The zero-order valence-corrected chi connectivity index (χ0v) is 13.9. The van der Waals surface area contributed by atoms with Crippen LogP contribution in [0.4, 0.5) is 5.69 Å². The summed E-state index contributed by atoms with van der Waals surface area (Å²) < 4.78 is 25.1. The molecule has 1 saturated heterocycles. The molecule has 1 aliphatic heterocycles. The van der Waals surface area contributed by atoms with Crippen molar-refractivity contribution in [3.05, 3.63) is 29.8 Å². The van der Waals surface area contributed by atoms with Gasteiger partial charge in [0, 0.05) is 37.8 Å². The van der Waals surface area contributed by atoms with Crippen LogP contribution in [0.2, 0.25) is 0 Å². The Morgan fingerprint density at radius 3 is 2.74 bits per heavy atom. The Hall–Kier alpha value is -1.93. The average molecular weight is 339 g/mol. The molecule has 1 aromatic carbocycles. The minimum atomic E-state index is -3.17. The molecule has 2 amide bonds. The summed E-state index contributed by atoms with van der Waals surface area (Å²) in [6.45, 7) is 2.43. The molecule has 8 heteroatoms. The Morgan fingerprint density at radius 2 is 2.04 bits per heavy atom. The van der Waals surface area contributed by atoms with Crippen LogP contribution in [0.25, 0.3) is 0 Å². The molecule has 1 fully saturated rings. The number of hydrogen-bond acceptors (Lipinski definition) is 4. The van der Waals surface area contributed by atoms with Gasteiger partial charge in [-0.25, -0.2) is 12.7 Å². The highest BCUT2D eigenvalue weighted by atomic mass is 32.2. The third-order valence-corrected chi connectivity index (χ3v) is 5.50. The fourth-order valence-electron chi connectivity index (χ4n) is 2.43. The van der Waals surface area contributed by atoms with E-state index in [2.05, 4.69) is 10.6 Å². The van der Waals surface area contributed by atoms with E-state index in [1.807, 2.05) is 0 Å². The van der Waals surface area contributed by atoms with E-state index in [1.54, 1.807) is 24.3 Å². The van der Waals surface area contributed by atoms with Gasteiger partial charge in [-0.15, -0.1) is 0 Å². The van der Waals surface area contributed by atoms with E-state index in [1.165, 1.54) is 11.2 Å². The molecule has 1 aliphatic rings. The number of amides is 2. The molecule has 23 heavy (non-hydrogen) atoms. The van der Waals surface area contributed by atoms with Gasteiger partial charge < -0.3 is 10.6 Å². The highest BCUT2D eigenvalue weighted by molar-refractivity contribution is 7.89. The van der Waals surface area contributed by atoms with E-state index >= 15 is 0 Å². The largest absolute Gasteiger partial charge is 0.351 e. The molecule has 2 rings (SSSR count). The van der Waals surface area contributed by atoms with Gasteiger partial charge in [-0.2, -0.15) is 0 Å². The molecule has 0 aromatic heterocycles. The van der Waals surface area contributed by atoms with E-state index in [-0.39, 0.29) is 30.7 Å². The van der Waals surface area contributed by atoms with E-state index in [9.17, 15) is 18.0 Å². The molecule has 1 aromatic rings. The first-order valence-corrected chi connectivity index (χ1v) is 9.13. The van der Waals surface area contributed by atoms with Gasteiger partial charge >= 0.3 is 0 Å². The number of rotatable bonds is 5. The van der Waals surface area contributed by atoms with Crippen molar-refractivity contribution in [2.45, 2.75) is 19.8 Å². The van der Waals surface area contributed by atoms with Crippen molar-refractivity contribution in [2.75, 3.05) is 30.7 Å². The topological polar surface area (TPSA) is 95.6 Å². The van der Waals surface area contributed by atoms with Gasteiger partial charge in [-0.05, 0) is 31.0 Å². The lowest BCUT2D eigenvalue weighted by molar-refractivity contribution is -0.114. The zero-order chi connectivity index (χ0) is 16.9. The Kier molecular flexibility index (Phi) is 5.73. The molecule has 0 radical (unpaired) electrons. The number of nitrogens with one attached hydrogen (secondary N) is 2. The van der Waals surface area contributed by atoms with Gasteiger partial charge in [0.15, 0.2) is 0 Å². The Labute approximate surface area is 136 Å². The maximum absolute atomic E-state index is 12.1. The third-order valence-electron chi connectivity index (χ3n) is 3.55. The summed E-state index contributed by atoms with van der Waals surface area (Å²) in [5.41, 5.74) is 0.960. The van der Waals surface area contributed by atoms with E-state index in [4.69, 9.17) is 0 Å². The molecule has 126 valence electrons. The summed E-state index contributed by atoms with van der Waals surface area (Å²) in [7, 11) is -3.17. The fraction of sp³-hybridized carbons (Fsp3) is 0.467. The van der Waals surface area contributed by atoms with Crippen LogP contribution in [0, 0.1) is 0 Å². The summed E-state index contributed by atoms with van der Waals surface area (Å²) in [4.78, 5) is 23.1. The monoisotopic (exact) mass is 339 g/mol. The first-order chi connectivity index (χ1) is 10.9. The van der Waals surface area contributed by atoms with E-state index < -0.39 is 10.0 Å². The van der Waals surface area contributed by atoms with E-state index in [0.717, 1.165) is 6.42 Å². The molecule has 1 heterocycles. The average Bonchev–Trinajstić information content (AvgIpc) is 2.48. The smallest absolute Gasteiger partial charge is 0.251 e. The van der Waals surface area contributed by atoms with Crippen LogP contribution < -0.4 is 10.6 Å². The van der Waals surface area contributed by atoms with Crippen molar-refractivity contribution in [1.29, 1.82) is 0 Å². The van der Waals surface area contributed by atoms with Crippen LogP contribution in [0.1, 0.15) is 30.1 Å². The van der Waals surface area contributed by atoms with Gasteiger partial charge in [-0.1, -0.05) is 6.07 Å². The van der Waals surface area contributed by atoms with Crippen LogP contribution in [0.15, 0.2) is 24.3 Å².